The molecule has 0 aliphatic carbocycles. The number of amides is 1. The van der Waals surface area contributed by atoms with Gasteiger partial charge in [0.05, 0.1) is 11.0 Å². The van der Waals surface area contributed by atoms with Gasteiger partial charge in [-0.3, -0.25) is 0 Å². The molecule has 2 heterocycles. The zero-order valence-corrected chi connectivity index (χ0v) is 22.9. The van der Waals surface area contributed by atoms with Crippen LogP contribution in [0.4, 0.5) is 13.6 Å². The molecule has 0 saturated carbocycles. The minimum Gasteiger partial charge on any atom is -0.487 e. The topological polar surface area (TPSA) is 72.9 Å². The quantitative estimate of drug-likeness (QED) is 0.477. The Hall–Kier alpha value is -2.68. The number of rotatable bonds is 4. The monoisotopic (exact) mass is 535 g/mol. The Morgan fingerprint density at radius 1 is 1.05 bits per heavy atom. The van der Waals surface area contributed by atoms with E-state index in [1.807, 2.05) is 32.9 Å². The minimum absolute atomic E-state index is 0.310. The third-order valence-corrected chi connectivity index (χ3v) is 9.23. The van der Waals surface area contributed by atoms with E-state index in [0.717, 1.165) is 24.2 Å². The first kappa shape index (κ1) is 27.4. The molecule has 2 aromatic rings. The van der Waals surface area contributed by atoms with Gasteiger partial charge in [-0.25, -0.2) is 22.0 Å². The summed E-state index contributed by atoms with van der Waals surface area (Å²) < 4.78 is 65.8. The van der Waals surface area contributed by atoms with Gasteiger partial charge < -0.3 is 14.4 Å². The van der Waals surface area contributed by atoms with Gasteiger partial charge in [-0.2, -0.15) is 0 Å². The van der Waals surface area contributed by atoms with Crippen LogP contribution in [0.15, 0.2) is 30.3 Å². The summed E-state index contributed by atoms with van der Waals surface area (Å²) in [7, 11) is -3.64. The predicted molar refractivity (Wildman–Crippen MR) is 138 cm³/mol. The maximum atomic E-state index is 14.8. The molecule has 0 atom stereocenters. The minimum atomic E-state index is -3.64. The van der Waals surface area contributed by atoms with Crippen LogP contribution in [0.1, 0.15) is 65.0 Å². The average molecular weight is 536 g/mol. The molecule has 1 fully saturated rings. The molecule has 202 valence electrons. The van der Waals surface area contributed by atoms with Crippen molar-refractivity contribution >= 4 is 15.9 Å². The normalized spacial score (nSPS) is 17.5. The summed E-state index contributed by atoms with van der Waals surface area (Å²) in [6, 6.07) is 7.82. The fourth-order valence-electron chi connectivity index (χ4n) is 4.75. The molecule has 37 heavy (non-hydrogen) atoms. The van der Waals surface area contributed by atoms with Gasteiger partial charge in [-0.15, -0.1) is 0 Å². The van der Waals surface area contributed by atoms with E-state index in [2.05, 4.69) is 0 Å². The molecular formula is C28H35F2NO5S. The lowest BCUT2D eigenvalue weighted by Gasteiger charge is -2.44. The molecule has 0 N–H and O–H groups in total. The second-order valence-corrected chi connectivity index (χ2v) is 13.9. The maximum absolute atomic E-state index is 14.8. The lowest BCUT2D eigenvalue weighted by Crippen LogP contribution is -2.52. The summed E-state index contributed by atoms with van der Waals surface area (Å²) in [5.41, 5.74) is 0.601. The lowest BCUT2D eigenvalue weighted by molar-refractivity contribution is -0.0272. The lowest BCUT2D eigenvalue weighted by atomic mass is 9.82. The SMILES string of the molecule is CC(C)S(=O)(=O)Cc1c(F)cc(-c2ccc3c(c2)CCC2(CCN(C(=O)OC(C)(C)C)CC2)O3)cc1F. The summed E-state index contributed by atoms with van der Waals surface area (Å²) in [5.74, 6) is -1.68. The predicted octanol–water partition coefficient (Wildman–Crippen LogP) is 6.05. The van der Waals surface area contributed by atoms with E-state index in [1.54, 1.807) is 11.0 Å². The van der Waals surface area contributed by atoms with Crippen molar-refractivity contribution in [3.05, 3.63) is 53.1 Å². The van der Waals surface area contributed by atoms with Crippen LogP contribution >= 0.6 is 0 Å². The number of hydrogen-bond donors (Lipinski definition) is 0. The van der Waals surface area contributed by atoms with E-state index < -0.39 is 43.6 Å². The standard InChI is InChI=1S/C28H35F2NO5S/c1-18(2)37(33,34)17-22-23(29)15-21(16-24(22)30)19-6-7-25-20(14-19)8-9-28(35-25)10-12-31(13-11-28)26(32)36-27(3,4)5/h6-7,14-16,18H,8-13,17H2,1-5H3. The first-order chi connectivity index (χ1) is 17.2. The van der Waals surface area contributed by atoms with Crippen molar-refractivity contribution in [2.45, 2.75) is 82.5 Å². The molecule has 2 aliphatic heterocycles. The number of nitrogens with zero attached hydrogens (tertiary/aromatic N) is 1. The summed E-state index contributed by atoms with van der Waals surface area (Å²) in [5, 5.41) is -0.723. The van der Waals surface area contributed by atoms with Crippen molar-refractivity contribution in [3.63, 3.8) is 0 Å². The number of fused-ring (bicyclic) bond motifs is 1. The molecule has 9 heteroatoms. The third-order valence-electron chi connectivity index (χ3n) is 7.10. The van der Waals surface area contributed by atoms with Crippen molar-refractivity contribution in [2.75, 3.05) is 13.1 Å². The largest absolute Gasteiger partial charge is 0.487 e. The van der Waals surface area contributed by atoms with Crippen molar-refractivity contribution in [1.29, 1.82) is 0 Å². The number of piperidine rings is 1. The van der Waals surface area contributed by atoms with Crippen LogP contribution in [0.25, 0.3) is 11.1 Å². The number of likely N-dealkylation sites (tertiary alicyclic amines) is 1. The fourth-order valence-corrected chi connectivity index (χ4v) is 5.76. The molecule has 4 rings (SSSR count). The number of hydrogen-bond acceptors (Lipinski definition) is 5. The highest BCUT2D eigenvalue weighted by Gasteiger charge is 2.41. The van der Waals surface area contributed by atoms with E-state index in [-0.39, 0.29) is 11.7 Å². The van der Waals surface area contributed by atoms with E-state index in [1.165, 1.54) is 26.0 Å². The molecular weight excluding hydrogens is 500 g/mol. The first-order valence-corrected chi connectivity index (χ1v) is 14.4. The summed E-state index contributed by atoms with van der Waals surface area (Å²) >= 11 is 0. The third kappa shape index (κ3) is 6.08. The number of carbonyl (C=O) groups excluding carboxylic acids is 1. The van der Waals surface area contributed by atoms with Crippen LogP contribution in [0.5, 0.6) is 5.75 Å². The van der Waals surface area contributed by atoms with Crippen LogP contribution < -0.4 is 4.74 Å². The maximum Gasteiger partial charge on any atom is 0.410 e. The van der Waals surface area contributed by atoms with Crippen LogP contribution in [0.2, 0.25) is 0 Å². The van der Waals surface area contributed by atoms with Crippen LogP contribution in [0.3, 0.4) is 0 Å². The van der Waals surface area contributed by atoms with Crippen molar-refractivity contribution in [3.8, 4) is 16.9 Å². The van der Waals surface area contributed by atoms with Crippen LogP contribution in [-0.4, -0.2) is 49.0 Å². The molecule has 6 nitrogen and oxygen atoms in total. The molecule has 2 aromatic carbocycles. The molecule has 1 saturated heterocycles. The average Bonchev–Trinajstić information content (AvgIpc) is 2.80. The van der Waals surface area contributed by atoms with Gasteiger partial charge in [0.1, 0.15) is 28.6 Å². The second kappa shape index (κ2) is 9.89. The van der Waals surface area contributed by atoms with E-state index in [9.17, 15) is 22.0 Å². The zero-order valence-electron chi connectivity index (χ0n) is 22.1. The Bertz CT molecular complexity index is 1270. The van der Waals surface area contributed by atoms with Crippen LogP contribution in [-0.2, 0) is 26.7 Å². The molecule has 0 aromatic heterocycles. The Morgan fingerprint density at radius 2 is 1.68 bits per heavy atom. The Morgan fingerprint density at radius 3 is 2.24 bits per heavy atom. The fraction of sp³-hybridized carbons (Fsp3) is 0.536. The van der Waals surface area contributed by atoms with E-state index in [4.69, 9.17) is 9.47 Å². The Labute approximate surface area is 217 Å². The van der Waals surface area contributed by atoms with E-state index >= 15 is 0 Å². The number of sulfone groups is 1. The first-order valence-electron chi connectivity index (χ1n) is 12.7. The Balaban J connectivity index is 1.48. The molecule has 0 radical (unpaired) electrons. The molecule has 2 aliphatic rings. The zero-order chi connectivity index (χ0) is 27.2. The highest BCUT2D eigenvalue weighted by Crippen LogP contribution is 2.41. The summed E-state index contributed by atoms with van der Waals surface area (Å²) in [6.45, 7) is 9.63. The smallest absolute Gasteiger partial charge is 0.410 e. The number of carbonyl (C=O) groups is 1. The van der Waals surface area contributed by atoms with Gasteiger partial charge in [-0.1, -0.05) is 6.07 Å². The van der Waals surface area contributed by atoms with E-state index in [0.29, 0.717) is 37.1 Å². The highest BCUT2D eigenvalue weighted by atomic mass is 32.2. The number of ether oxygens (including phenoxy) is 2. The summed E-state index contributed by atoms with van der Waals surface area (Å²) in [6.07, 6.45) is 2.61. The Kier molecular flexibility index (Phi) is 7.31. The van der Waals surface area contributed by atoms with Gasteiger partial charge in [0.15, 0.2) is 9.84 Å². The molecule has 1 amide bonds. The molecule has 0 unspecified atom stereocenters. The van der Waals surface area contributed by atoms with Crippen molar-refractivity contribution in [1.82, 2.24) is 4.90 Å². The van der Waals surface area contributed by atoms with Gasteiger partial charge >= 0.3 is 6.09 Å². The number of aryl methyl sites for hydroxylation is 1. The molecule has 0 bridgehead atoms. The van der Waals surface area contributed by atoms with Gasteiger partial charge in [0, 0.05) is 31.5 Å². The van der Waals surface area contributed by atoms with Gasteiger partial charge in [0.2, 0.25) is 0 Å². The van der Waals surface area contributed by atoms with Gasteiger partial charge in [0.25, 0.3) is 0 Å². The number of benzene rings is 2. The highest BCUT2D eigenvalue weighted by molar-refractivity contribution is 7.91. The summed E-state index contributed by atoms with van der Waals surface area (Å²) in [4.78, 5) is 14.1. The van der Waals surface area contributed by atoms with Crippen molar-refractivity contribution < 1.29 is 31.5 Å². The molecule has 1 spiro atoms. The second-order valence-electron chi connectivity index (χ2n) is 11.3. The van der Waals surface area contributed by atoms with Crippen molar-refractivity contribution in [2.24, 2.45) is 0 Å². The number of halogens is 2. The van der Waals surface area contributed by atoms with Gasteiger partial charge in [-0.05, 0) is 88.4 Å². The van der Waals surface area contributed by atoms with Crippen LogP contribution in [0, 0.1) is 11.6 Å².